The number of likely N-dealkylation sites (tertiary alicyclic amines) is 1. The van der Waals surface area contributed by atoms with Gasteiger partial charge in [-0.05, 0) is 61.3 Å². The summed E-state index contributed by atoms with van der Waals surface area (Å²) in [6.07, 6.45) is -0.0514. The molecule has 2 fully saturated rings. The van der Waals surface area contributed by atoms with Crippen LogP contribution in [0, 0.1) is 5.92 Å². The first kappa shape index (κ1) is 28.2. The molecule has 9 nitrogen and oxygen atoms in total. The molecule has 1 saturated carbocycles. The number of fused-ring (bicyclic) bond motifs is 1. The first-order valence-electron chi connectivity index (χ1n) is 13.4. The topological polar surface area (TPSA) is 116 Å². The van der Waals surface area contributed by atoms with Crippen LogP contribution in [0.1, 0.15) is 53.6 Å². The van der Waals surface area contributed by atoms with E-state index >= 15 is 0 Å². The summed E-state index contributed by atoms with van der Waals surface area (Å²) in [5.41, 5.74) is 2.20. The Morgan fingerprint density at radius 3 is 2.66 bits per heavy atom. The number of carboxylic acid groups (broad SMARTS) is 1. The van der Waals surface area contributed by atoms with Gasteiger partial charge in [0.05, 0.1) is 0 Å². The van der Waals surface area contributed by atoms with E-state index in [-0.39, 0.29) is 56.3 Å². The predicted octanol–water partition coefficient (Wildman–Crippen LogP) is 3.79. The molecule has 0 spiro atoms. The SMILES string of the molecule is C[Si](C)(C)CCOCN1C(=O)CCC(N2Cc3cc(C[C@H]4C[C@@H](F)CC[C@@H]4NC(=O)O)ccc3C2=O)C1=O. The Hall–Kier alpha value is -2.79. The number of carbonyl (C=O) groups excluding carboxylic acids is 3. The van der Waals surface area contributed by atoms with Crippen LogP contribution >= 0.6 is 0 Å². The van der Waals surface area contributed by atoms with Gasteiger partial charge in [0.25, 0.3) is 11.8 Å². The maximum Gasteiger partial charge on any atom is 0.404 e. The molecule has 0 bridgehead atoms. The largest absolute Gasteiger partial charge is 0.465 e. The van der Waals surface area contributed by atoms with Crippen molar-refractivity contribution in [2.24, 2.45) is 5.92 Å². The van der Waals surface area contributed by atoms with E-state index in [9.17, 15) is 23.6 Å². The summed E-state index contributed by atoms with van der Waals surface area (Å²) >= 11 is 0. The molecule has 11 heteroatoms. The molecular weight excluding hydrogens is 509 g/mol. The molecule has 1 unspecified atom stereocenters. The minimum Gasteiger partial charge on any atom is -0.465 e. The Morgan fingerprint density at radius 2 is 1.95 bits per heavy atom. The summed E-state index contributed by atoms with van der Waals surface area (Å²) in [5, 5.41) is 11.7. The Morgan fingerprint density at radius 1 is 1.18 bits per heavy atom. The number of imide groups is 1. The number of hydrogen-bond acceptors (Lipinski definition) is 5. The molecule has 4 amide bonds. The maximum atomic E-state index is 14.1. The average Bonchev–Trinajstić information content (AvgIpc) is 3.15. The summed E-state index contributed by atoms with van der Waals surface area (Å²) in [4.78, 5) is 52.8. The second-order valence-corrected chi connectivity index (χ2v) is 17.5. The van der Waals surface area contributed by atoms with E-state index in [0.29, 0.717) is 31.4 Å². The van der Waals surface area contributed by atoms with Gasteiger partial charge in [-0.1, -0.05) is 31.8 Å². The molecule has 208 valence electrons. The van der Waals surface area contributed by atoms with E-state index in [1.54, 1.807) is 6.07 Å². The van der Waals surface area contributed by atoms with E-state index < -0.39 is 32.3 Å². The number of benzene rings is 1. The van der Waals surface area contributed by atoms with Crippen LogP contribution in [0.4, 0.5) is 9.18 Å². The highest BCUT2D eigenvalue weighted by molar-refractivity contribution is 6.76. The highest BCUT2D eigenvalue weighted by Crippen LogP contribution is 2.33. The van der Waals surface area contributed by atoms with Crippen LogP contribution in [0.2, 0.25) is 25.7 Å². The van der Waals surface area contributed by atoms with Gasteiger partial charge in [-0.3, -0.25) is 19.3 Å². The molecule has 2 heterocycles. The third-order valence-electron chi connectivity index (χ3n) is 7.80. The van der Waals surface area contributed by atoms with Crippen molar-refractivity contribution in [2.45, 2.75) is 89.0 Å². The first-order chi connectivity index (χ1) is 17.9. The van der Waals surface area contributed by atoms with Crippen LogP contribution in [-0.2, 0) is 27.3 Å². The number of alkyl halides is 1. The Bertz CT molecular complexity index is 1090. The van der Waals surface area contributed by atoms with Crippen molar-refractivity contribution in [2.75, 3.05) is 13.3 Å². The summed E-state index contributed by atoms with van der Waals surface area (Å²) < 4.78 is 19.8. The molecule has 38 heavy (non-hydrogen) atoms. The van der Waals surface area contributed by atoms with Crippen LogP contribution in [0.3, 0.4) is 0 Å². The van der Waals surface area contributed by atoms with Gasteiger partial charge in [-0.25, -0.2) is 9.18 Å². The highest BCUT2D eigenvalue weighted by atomic mass is 28.3. The van der Waals surface area contributed by atoms with Crippen molar-refractivity contribution in [3.63, 3.8) is 0 Å². The second-order valence-electron chi connectivity index (χ2n) is 11.9. The lowest BCUT2D eigenvalue weighted by Gasteiger charge is -2.35. The molecule has 1 saturated heterocycles. The monoisotopic (exact) mass is 547 g/mol. The Balaban J connectivity index is 1.42. The highest BCUT2D eigenvalue weighted by Gasteiger charge is 2.43. The van der Waals surface area contributed by atoms with Crippen LogP contribution < -0.4 is 5.32 Å². The third-order valence-corrected chi connectivity index (χ3v) is 9.51. The van der Waals surface area contributed by atoms with E-state index in [4.69, 9.17) is 9.84 Å². The third kappa shape index (κ3) is 6.61. The van der Waals surface area contributed by atoms with E-state index in [1.165, 1.54) is 4.90 Å². The smallest absolute Gasteiger partial charge is 0.404 e. The van der Waals surface area contributed by atoms with Gasteiger partial charge in [-0.2, -0.15) is 0 Å². The summed E-state index contributed by atoms with van der Waals surface area (Å²) in [6, 6.07) is 5.34. The maximum absolute atomic E-state index is 14.1. The van der Waals surface area contributed by atoms with E-state index in [0.717, 1.165) is 22.1 Å². The van der Waals surface area contributed by atoms with Gasteiger partial charge in [-0.15, -0.1) is 0 Å². The Kier molecular flexibility index (Phi) is 8.56. The Labute approximate surface area is 223 Å². The number of nitrogens with one attached hydrogen (secondary N) is 1. The molecule has 1 aromatic carbocycles. The molecule has 2 aliphatic heterocycles. The van der Waals surface area contributed by atoms with Crippen molar-refractivity contribution in [3.8, 4) is 0 Å². The molecule has 2 N–H and O–H groups in total. The molecule has 4 rings (SSSR count). The van der Waals surface area contributed by atoms with Crippen molar-refractivity contribution < 1.29 is 33.4 Å². The number of piperidine rings is 1. The van der Waals surface area contributed by atoms with Crippen molar-refractivity contribution in [1.82, 2.24) is 15.1 Å². The number of nitrogens with zero attached hydrogens (tertiary/aromatic N) is 2. The standard InChI is InChI=1S/C27H38FN3O6Si/c1-38(2,3)11-10-37-16-31-24(32)9-8-23(26(31)34)30-15-19-13-17(4-6-21(19)25(30)33)12-18-14-20(28)5-7-22(18)29-27(35)36/h4,6,13,18,20,22-23,29H,5,7-12,14-16H2,1-3H3,(H,35,36)/t18-,20-,22-,23?/m0/s1. The van der Waals surface area contributed by atoms with Gasteiger partial charge in [0.2, 0.25) is 5.91 Å². The van der Waals surface area contributed by atoms with Crippen LogP contribution in [0.5, 0.6) is 0 Å². The number of hydrogen-bond donors (Lipinski definition) is 2. The van der Waals surface area contributed by atoms with Crippen LogP contribution in [0.25, 0.3) is 0 Å². The first-order valence-corrected chi connectivity index (χ1v) is 17.1. The fourth-order valence-electron chi connectivity index (χ4n) is 5.64. The number of ether oxygens (including phenoxy) is 1. The van der Waals surface area contributed by atoms with Gasteiger partial charge in [0.15, 0.2) is 0 Å². The van der Waals surface area contributed by atoms with Crippen molar-refractivity contribution >= 4 is 31.9 Å². The fourth-order valence-corrected chi connectivity index (χ4v) is 6.40. The minimum atomic E-state index is -1.31. The number of halogens is 1. The number of amides is 4. The minimum absolute atomic E-state index is 0.0970. The van der Waals surface area contributed by atoms with Gasteiger partial charge < -0.3 is 20.1 Å². The second kappa shape index (κ2) is 11.5. The zero-order valence-corrected chi connectivity index (χ0v) is 23.4. The quantitative estimate of drug-likeness (QED) is 0.276. The summed E-state index contributed by atoms with van der Waals surface area (Å²) in [5.74, 6) is -1.12. The van der Waals surface area contributed by atoms with Gasteiger partial charge in [0, 0.05) is 39.3 Å². The van der Waals surface area contributed by atoms with E-state index in [1.807, 2.05) is 12.1 Å². The fraction of sp³-hybridized carbons (Fsp3) is 0.630. The van der Waals surface area contributed by atoms with Crippen molar-refractivity contribution in [1.29, 1.82) is 0 Å². The molecule has 4 atom stereocenters. The van der Waals surface area contributed by atoms with Crippen LogP contribution in [0.15, 0.2) is 18.2 Å². The number of carbonyl (C=O) groups is 4. The van der Waals surface area contributed by atoms with Crippen molar-refractivity contribution in [3.05, 3.63) is 34.9 Å². The zero-order valence-electron chi connectivity index (χ0n) is 22.4. The van der Waals surface area contributed by atoms with Gasteiger partial charge in [0.1, 0.15) is 18.9 Å². The summed E-state index contributed by atoms with van der Waals surface area (Å²) in [6.45, 7) is 7.32. The molecular formula is C27H38FN3O6Si. The molecule has 0 radical (unpaired) electrons. The summed E-state index contributed by atoms with van der Waals surface area (Å²) in [7, 11) is -1.31. The predicted molar refractivity (Wildman–Crippen MR) is 141 cm³/mol. The van der Waals surface area contributed by atoms with Gasteiger partial charge >= 0.3 is 6.09 Å². The van der Waals surface area contributed by atoms with E-state index in [2.05, 4.69) is 25.0 Å². The average molecular weight is 548 g/mol. The lowest BCUT2D eigenvalue weighted by atomic mass is 9.79. The normalized spacial score (nSPS) is 26.1. The lowest BCUT2D eigenvalue weighted by molar-refractivity contribution is -0.158. The van der Waals surface area contributed by atoms with Crippen LogP contribution in [-0.4, -0.2) is 78.4 Å². The zero-order chi connectivity index (χ0) is 27.6. The molecule has 0 aromatic heterocycles. The lowest BCUT2D eigenvalue weighted by Crippen LogP contribution is -2.55. The molecule has 1 aliphatic carbocycles. The molecule has 3 aliphatic rings. The number of rotatable bonds is 9. The molecule has 1 aromatic rings.